The molecule has 31 heavy (non-hydrogen) atoms. The normalized spacial score (nSPS) is 19.9. The molecule has 0 spiro atoms. The highest BCUT2D eigenvalue weighted by Gasteiger charge is 2.33. The van der Waals surface area contributed by atoms with Gasteiger partial charge in [0.2, 0.25) is 5.91 Å². The molecule has 8 heteroatoms. The van der Waals surface area contributed by atoms with Crippen LogP contribution in [-0.4, -0.2) is 57.3 Å². The van der Waals surface area contributed by atoms with E-state index < -0.39 is 6.10 Å². The van der Waals surface area contributed by atoms with Crippen molar-refractivity contribution in [1.82, 2.24) is 14.7 Å². The number of aliphatic hydroxyl groups excluding tert-OH is 1. The molecule has 2 aromatic rings. The Morgan fingerprint density at radius 1 is 1.32 bits per heavy atom. The van der Waals surface area contributed by atoms with Gasteiger partial charge in [-0.25, -0.2) is 0 Å². The number of amidine groups is 1. The van der Waals surface area contributed by atoms with Gasteiger partial charge in [0.05, 0.1) is 18.8 Å². The molecule has 0 saturated carbocycles. The van der Waals surface area contributed by atoms with Gasteiger partial charge in [0.15, 0.2) is 0 Å². The maximum Gasteiger partial charge on any atom is 0.219 e. The molecular formula is C23H30N6O2. The summed E-state index contributed by atoms with van der Waals surface area (Å²) in [6.45, 7) is 4.93. The fraction of sp³-hybridized carbons (Fsp3) is 0.435. The molecule has 164 valence electrons. The average molecular weight is 423 g/mol. The molecule has 1 amide bonds. The van der Waals surface area contributed by atoms with Crippen LogP contribution in [0.15, 0.2) is 41.9 Å². The number of aryl methyl sites for hydroxylation is 1. The number of aliphatic hydroxyl groups is 1. The number of rotatable bonds is 3. The van der Waals surface area contributed by atoms with Crippen molar-refractivity contribution in [2.45, 2.75) is 38.7 Å². The minimum atomic E-state index is -0.494. The quantitative estimate of drug-likeness (QED) is 0.519. The van der Waals surface area contributed by atoms with Gasteiger partial charge in [0.25, 0.3) is 0 Å². The molecule has 4 N–H and O–H groups in total. The highest BCUT2D eigenvalue weighted by Crippen LogP contribution is 2.40. The summed E-state index contributed by atoms with van der Waals surface area (Å²) in [5.41, 5.74) is 11.6. The Morgan fingerprint density at radius 2 is 2.10 bits per heavy atom. The first kappa shape index (κ1) is 21.1. The van der Waals surface area contributed by atoms with Crippen molar-refractivity contribution in [2.75, 3.05) is 24.5 Å². The van der Waals surface area contributed by atoms with Gasteiger partial charge in [0.1, 0.15) is 5.84 Å². The van der Waals surface area contributed by atoms with Crippen molar-refractivity contribution in [3.63, 3.8) is 0 Å². The third-order valence-electron chi connectivity index (χ3n) is 6.39. The Labute approximate surface area is 182 Å². The second-order valence-corrected chi connectivity index (χ2v) is 8.51. The number of nitrogens with one attached hydrogen (secondary N) is 1. The van der Waals surface area contributed by atoms with E-state index in [9.17, 15) is 9.90 Å². The summed E-state index contributed by atoms with van der Waals surface area (Å²) in [5, 5.41) is 23.6. The number of hydrogen-bond acceptors (Lipinski definition) is 5. The van der Waals surface area contributed by atoms with E-state index >= 15 is 0 Å². The molecule has 3 heterocycles. The molecule has 0 bridgehead atoms. The molecule has 2 atom stereocenters. The van der Waals surface area contributed by atoms with Crippen molar-refractivity contribution in [3.05, 3.63) is 47.4 Å². The molecule has 8 nitrogen and oxygen atoms in total. The smallest absolute Gasteiger partial charge is 0.219 e. The molecule has 2 aliphatic rings. The van der Waals surface area contributed by atoms with Gasteiger partial charge >= 0.3 is 0 Å². The summed E-state index contributed by atoms with van der Waals surface area (Å²) < 4.78 is 1.77. The van der Waals surface area contributed by atoms with Crippen LogP contribution >= 0.6 is 0 Å². The zero-order chi connectivity index (χ0) is 22.3. The van der Waals surface area contributed by atoms with E-state index in [-0.39, 0.29) is 11.8 Å². The van der Waals surface area contributed by atoms with Crippen molar-refractivity contribution >= 4 is 17.4 Å². The van der Waals surface area contributed by atoms with Crippen LogP contribution in [0.25, 0.3) is 11.1 Å². The number of fused-ring (bicyclic) bond motifs is 1. The predicted octanol–water partition coefficient (Wildman–Crippen LogP) is 2.20. The molecule has 2 aliphatic heterocycles. The largest absolute Gasteiger partial charge is 0.402 e. The predicted molar refractivity (Wildman–Crippen MR) is 121 cm³/mol. The topological polar surface area (TPSA) is 111 Å². The number of hydrogen-bond donors (Lipinski definition) is 3. The van der Waals surface area contributed by atoms with Crippen LogP contribution in [0, 0.1) is 5.41 Å². The highest BCUT2D eigenvalue weighted by atomic mass is 16.3. The fourth-order valence-corrected chi connectivity index (χ4v) is 4.56. The maximum atomic E-state index is 11.9. The zero-order valence-electron chi connectivity index (χ0n) is 18.3. The van der Waals surface area contributed by atoms with Crippen molar-refractivity contribution in [1.29, 1.82) is 5.41 Å². The number of benzene rings is 1. The molecule has 0 aliphatic carbocycles. The number of carbonyl (C=O) groups is 1. The molecule has 2 unspecified atom stereocenters. The standard InChI is InChI=1S/C23H30N6O2/c1-14(30)18-6-9-29(23(25)20-13-28(15(2)31)8-7-21(20)24)22-5-4-16(10-19(18)22)17-11-26-27(3)12-17/h4-5,10-12,14,18,25,30H,6-9,13,24H2,1-3H3. The van der Waals surface area contributed by atoms with Crippen LogP contribution in [0.3, 0.4) is 0 Å². The Bertz CT molecular complexity index is 1050. The molecule has 1 aromatic heterocycles. The van der Waals surface area contributed by atoms with Crippen LogP contribution < -0.4 is 10.6 Å². The van der Waals surface area contributed by atoms with Crippen molar-refractivity contribution in [2.24, 2.45) is 12.8 Å². The van der Waals surface area contributed by atoms with Gasteiger partial charge in [-0.2, -0.15) is 5.10 Å². The van der Waals surface area contributed by atoms with Crippen LogP contribution in [0.5, 0.6) is 0 Å². The van der Waals surface area contributed by atoms with Crippen LogP contribution in [-0.2, 0) is 11.8 Å². The number of carbonyl (C=O) groups excluding carboxylic acids is 1. The molecular weight excluding hydrogens is 392 g/mol. The fourth-order valence-electron chi connectivity index (χ4n) is 4.56. The van der Waals surface area contributed by atoms with E-state index in [0.717, 1.165) is 28.8 Å². The third kappa shape index (κ3) is 3.95. The average Bonchev–Trinajstić information content (AvgIpc) is 3.18. The highest BCUT2D eigenvalue weighted by molar-refractivity contribution is 6.09. The van der Waals surface area contributed by atoms with Crippen molar-refractivity contribution in [3.8, 4) is 11.1 Å². The maximum absolute atomic E-state index is 11.9. The first-order valence-corrected chi connectivity index (χ1v) is 10.7. The SMILES string of the molecule is CC(=O)N1CCC(N)=C(C(=N)N2CCC(C(C)O)c3cc(-c4cnn(C)c4)ccc32)C1. The lowest BCUT2D eigenvalue weighted by Crippen LogP contribution is -2.45. The van der Waals surface area contributed by atoms with E-state index in [1.54, 1.807) is 16.5 Å². The van der Waals surface area contributed by atoms with Crippen LogP contribution in [0.1, 0.15) is 38.2 Å². The number of amides is 1. The molecule has 0 fully saturated rings. The second-order valence-electron chi connectivity index (χ2n) is 8.51. The van der Waals surface area contributed by atoms with Gasteiger partial charge in [-0.15, -0.1) is 0 Å². The van der Waals surface area contributed by atoms with Gasteiger partial charge in [-0.3, -0.25) is 14.9 Å². The summed E-state index contributed by atoms with van der Waals surface area (Å²) >= 11 is 0. The van der Waals surface area contributed by atoms with Gasteiger partial charge in [-0.1, -0.05) is 6.07 Å². The number of aromatic nitrogens is 2. The molecule has 0 radical (unpaired) electrons. The van der Waals surface area contributed by atoms with Gasteiger partial charge < -0.3 is 20.6 Å². The van der Waals surface area contributed by atoms with E-state index in [2.05, 4.69) is 11.2 Å². The van der Waals surface area contributed by atoms with Crippen molar-refractivity contribution < 1.29 is 9.90 Å². The first-order valence-electron chi connectivity index (χ1n) is 10.7. The summed E-state index contributed by atoms with van der Waals surface area (Å²) in [6.07, 6.45) is 4.60. The molecule has 4 rings (SSSR count). The van der Waals surface area contributed by atoms with E-state index in [1.165, 1.54) is 0 Å². The second kappa shape index (κ2) is 8.19. The summed E-state index contributed by atoms with van der Waals surface area (Å²) in [5.74, 6) is 0.317. The Balaban J connectivity index is 1.72. The van der Waals surface area contributed by atoms with Gasteiger partial charge in [0, 0.05) is 68.1 Å². The zero-order valence-corrected chi connectivity index (χ0v) is 18.3. The van der Waals surface area contributed by atoms with Crippen LogP contribution in [0.2, 0.25) is 0 Å². The first-order chi connectivity index (χ1) is 14.8. The van der Waals surface area contributed by atoms with Gasteiger partial charge in [-0.05, 0) is 36.6 Å². The summed E-state index contributed by atoms with van der Waals surface area (Å²) in [4.78, 5) is 15.6. The number of anilines is 1. The Morgan fingerprint density at radius 3 is 2.74 bits per heavy atom. The minimum absolute atomic E-state index is 0.00729. The minimum Gasteiger partial charge on any atom is -0.402 e. The Kier molecular flexibility index (Phi) is 5.58. The van der Waals surface area contributed by atoms with E-state index in [1.807, 2.05) is 43.4 Å². The lowest BCUT2D eigenvalue weighted by atomic mass is 9.84. The number of nitrogens with zero attached hydrogens (tertiary/aromatic N) is 4. The monoisotopic (exact) mass is 422 g/mol. The number of nitrogens with two attached hydrogens (primary N) is 1. The Hall–Kier alpha value is -3.13. The summed E-state index contributed by atoms with van der Waals surface area (Å²) in [6, 6.07) is 6.15. The van der Waals surface area contributed by atoms with E-state index in [0.29, 0.717) is 43.2 Å². The third-order valence-corrected chi connectivity index (χ3v) is 6.39. The molecule has 1 aromatic carbocycles. The lowest BCUT2D eigenvalue weighted by Gasteiger charge is -2.39. The van der Waals surface area contributed by atoms with E-state index in [4.69, 9.17) is 11.1 Å². The molecule has 0 saturated heterocycles. The lowest BCUT2D eigenvalue weighted by molar-refractivity contribution is -0.128. The van der Waals surface area contributed by atoms with Crippen LogP contribution in [0.4, 0.5) is 5.69 Å². The summed E-state index contributed by atoms with van der Waals surface area (Å²) in [7, 11) is 1.89.